The highest BCUT2D eigenvalue weighted by molar-refractivity contribution is 6.50. The molecule has 0 aliphatic carbocycles. The summed E-state index contributed by atoms with van der Waals surface area (Å²) in [5, 5.41) is 0. The van der Waals surface area contributed by atoms with Crippen LogP contribution in [0.1, 0.15) is 6.42 Å². The van der Waals surface area contributed by atoms with Gasteiger partial charge in [-0.05, 0) is 0 Å². The predicted molar refractivity (Wildman–Crippen MR) is 52.2 cm³/mol. The van der Waals surface area contributed by atoms with Crippen molar-refractivity contribution in [1.29, 1.82) is 0 Å². The largest absolute Gasteiger partial charge is 0.301 e. The predicted octanol–water partition coefficient (Wildman–Crippen LogP) is -0.412. The molecule has 0 saturated heterocycles. The van der Waals surface area contributed by atoms with Crippen LogP contribution in [0.15, 0.2) is 20.0 Å². The Morgan fingerprint density at radius 2 is 2.31 bits per heavy atom. The number of terminal acetylenes is 1. The normalized spacial score (nSPS) is 29.2. The van der Waals surface area contributed by atoms with Crippen molar-refractivity contribution in [3.63, 3.8) is 0 Å². The van der Waals surface area contributed by atoms with Crippen molar-refractivity contribution in [2.75, 3.05) is 0 Å². The molecule has 64 valence electrons. The lowest BCUT2D eigenvalue weighted by molar-refractivity contribution is 0.621. The maximum atomic E-state index is 5.92. The zero-order chi connectivity index (χ0) is 9.31. The van der Waals surface area contributed by atoms with E-state index in [1.807, 2.05) is 0 Å². The molecule has 0 amide bonds. The summed E-state index contributed by atoms with van der Waals surface area (Å²) < 4.78 is 0. The van der Waals surface area contributed by atoms with E-state index in [1.54, 1.807) is 0 Å². The molecule has 2 aliphatic rings. The Hall–Kier alpha value is -1.80. The number of amidine groups is 1. The van der Waals surface area contributed by atoms with Gasteiger partial charge in [0.1, 0.15) is 18.4 Å². The number of nitrogens with two attached hydrogens (primary N) is 1. The van der Waals surface area contributed by atoms with E-state index in [2.05, 4.69) is 25.9 Å². The van der Waals surface area contributed by atoms with E-state index in [0.717, 1.165) is 0 Å². The summed E-state index contributed by atoms with van der Waals surface area (Å²) in [7, 11) is 0. The van der Waals surface area contributed by atoms with Gasteiger partial charge in [-0.2, -0.15) is 0 Å². The zero-order valence-electron chi connectivity index (χ0n) is 6.81. The summed E-state index contributed by atoms with van der Waals surface area (Å²) in [5.41, 5.74) is 5.53. The molecule has 0 fully saturated rings. The highest BCUT2D eigenvalue weighted by atomic mass is 15.2. The molecule has 2 heterocycles. The SMILES string of the molecule is C#CCC1(N)N=CN=C2N=CN=C21. The lowest BCUT2D eigenvalue weighted by Gasteiger charge is -2.23. The fourth-order valence-electron chi connectivity index (χ4n) is 1.19. The van der Waals surface area contributed by atoms with Crippen molar-refractivity contribution < 1.29 is 0 Å². The first kappa shape index (κ1) is 7.83. The first-order chi connectivity index (χ1) is 6.26. The van der Waals surface area contributed by atoms with Gasteiger partial charge >= 0.3 is 0 Å². The van der Waals surface area contributed by atoms with Crippen LogP contribution in [-0.4, -0.2) is 29.9 Å². The minimum Gasteiger partial charge on any atom is -0.301 e. The maximum absolute atomic E-state index is 5.92. The summed E-state index contributed by atoms with van der Waals surface area (Å²) in [6.45, 7) is 0. The first-order valence-corrected chi connectivity index (χ1v) is 3.71. The average molecular weight is 173 g/mol. The number of nitrogens with zero attached hydrogens (tertiary/aromatic N) is 4. The Balaban J connectivity index is 2.41. The molecule has 0 aromatic carbocycles. The molecule has 2 aliphatic heterocycles. The molecule has 2 rings (SSSR count). The third-order valence-electron chi connectivity index (χ3n) is 1.83. The van der Waals surface area contributed by atoms with E-state index in [9.17, 15) is 0 Å². The Morgan fingerprint density at radius 1 is 1.46 bits per heavy atom. The van der Waals surface area contributed by atoms with Crippen LogP contribution in [0.25, 0.3) is 0 Å². The lowest BCUT2D eigenvalue weighted by Crippen LogP contribution is -2.50. The average Bonchev–Trinajstić information content (AvgIpc) is 2.54. The van der Waals surface area contributed by atoms with Crippen LogP contribution >= 0.6 is 0 Å². The highest BCUT2D eigenvalue weighted by Crippen LogP contribution is 2.17. The number of hydrogen-bond donors (Lipinski definition) is 1. The van der Waals surface area contributed by atoms with Crippen LogP contribution in [-0.2, 0) is 0 Å². The van der Waals surface area contributed by atoms with Gasteiger partial charge in [0.05, 0.1) is 6.42 Å². The van der Waals surface area contributed by atoms with Crippen molar-refractivity contribution >= 4 is 24.2 Å². The Kier molecular flexibility index (Phi) is 1.57. The molecule has 5 heteroatoms. The summed E-state index contributed by atoms with van der Waals surface area (Å²) in [4.78, 5) is 15.8. The molecular formula is C8H7N5. The number of aliphatic imine (C=N–C) groups is 4. The van der Waals surface area contributed by atoms with E-state index >= 15 is 0 Å². The summed E-state index contributed by atoms with van der Waals surface area (Å²) >= 11 is 0. The first-order valence-electron chi connectivity index (χ1n) is 3.71. The molecule has 13 heavy (non-hydrogen) atoms. The van der Waals surface area contributed by atoms with Gasteiger partial charge < -0.3 is 5.73 Å². The van der Waals surface area contributed by atoms with Crippen molar-refractivity contribution in [3.05, 3.63) is 0 Å². The van der Waals surface area contributed by atoms with E-state index in [1.165, 1.54) is 12.7 Å². The Bertz CT molecular complexity index is 395. The van der Waals surface area contributed by atoms with Gasteiger partial charge in [0, 0.05) is 0 Å². The van der Waals surface area contributed by atoms with Crippen molar-refractivity contribution in [3.8, 4) is 12.3 Å². The molecule has 0 aromatic heterocycles. The topological polar surface area (TPSA) is 75.5 Å². The van der Waals surface area contributed by atoms with Crippen molar-refractivity contribution in [2.24, 2.45) is 25.7 Å². The molecule has 0 spiro atoms. The minimum absolute atomic E-state index is 0.296. The van der Waals surface area contributed by atoms with Crippen LogP contribution in [0, 0.1) is 12.3 Å². The highest BCUT2D eigenvalue weighted by Gasteiger charge is 2.36. The molecule has 0 bridgehead atoms. The summed E-state index contributed by atoms with van der Waals surface area (Å²) in [6, 6.07) is 0. The van der Waals surface area contributed by atoms with Crippen LogP contribution < -0.4 is 5.73 Å². The Morgan fingerprint density at radius 3 is 3.08 bits per heavy atom. The smallest absolute Gasteiger partial charge is 0.180 e. The molecule has 1 unspecified atom stereocenters. The van der Waals surface area contributed by atoms with Gasteiger partial charge in [-0.1, -0.05) is 0 Å². The van der Waals surface area contributed by atoms with Crippen LogP contribution in [0.2, 0.25) is 0 Å². The van der Waals surface area contributed by atoms with E-state index in [-0.39, 0.29) is 0 Å². The van der Waals surface area contributed by atoms with Crippen molar-refractivity contribution in [1.82, 2.24) is 0 Å². The van der Waals surface area contributed by atoms with Gasteiger partial charge in [-0.25, -0.2) is 20.0 Å². The molecular weight excluding hydrogens is 166 g/mol. The number of rotatable bonds is 1. The standard InChI is InChI=1S/C8H7N5/c1-2-3-8(9)6-7(11-4-10-6)12-5-13-8/h1,4-5H,3,9H2. The number of fused-ring (bicyclic) bond motifs is 1. The summed E-state index contributed by atoms with van der Waals surface area (Å²) in [5.74, 6) is 2.97. The molecule has 2 N–H and O–H groups in total. The molecule has 1 atom stereocenters. The molecule has 0 radical (unpaired) electrons. The van der Waals surface area contributed by atoms with Crippen LogP contribution in [0.4, 0.5) is 0 Å². The quantitative estimate of drug-likeness (QED) is 0.537. The Labute approximate surface area is 75.2 Å². The molecule has 0 saturated carbocycles. The van der Waals surface area contributed by atoms with Crippen LogP contribution in [0.5, 0.6) is 0 Å². The van der Waals surface area contributed by atoms with Crippen molar-refractivity contribution in [2.45, 2.75) is 12.1 Å². The maximum Gasteiger partial charge on any atom is 0.180 e. The third kappa shape index (κ3) is 1.08. The van der Waals surface area contributed by atoms with Gasteiger partial charge in [0.25, 0.3) is 0 Å². The molecule has 5 nitrogen and oxygen atoms in total. The fraction of sp³-hybridized carbons (Fsp3) is 0.250. The monoisotopic (exact) mass is 173 g/mol. The summed E-state index contributed by atoms with van der Waals surface area (Å²) in [6.07, 6.45) is 8.26. The fourth-order valence-corrected chi connectivity index (χ4v) is 1.19. The van der Waals surface area contributed by atoms with Gasteiger partial charge in [0.2, 0.25) is 0 Å². The third-order valence-corrected chi connectivity index (χ3v) is 1.83. The second-order valence-electron chi connectivity index (χ2n) is 2.72. The lowest BCUT2D eigenvalue weighted by atomic mass is 10.0. The van der Waals surface area contributed by atoms with Gasteiger partial charge in [0.15, 0.2) is 11.5 Å². The molecule has 0 aromatic rings. The van der Waals surface area contributed by atoms with E-state index in [0.29, 0.717) is 18.0 Å². The second-order valence-corrected chi connectivity index (χ2v) is 2.72. The van der Waals surface area contributed by atoms with E-state index in [4.69, 9.17) is 12.2 Å². The van der Waals surface area contributed by atoms with Gasteiger partial charge in [-0.3, -0.25) is 0 Å². The zero-order valence-corrected chi connectivity index (χ0v) is 6.81. The van der Waals surface area contributed by atoms with Gasteiger partial charge in [-0.15, -0.1) is 12.3 Å². The number of hydrogen-bond acceptors (Lipinski definition) is 5. The van der Waals surface area contributed by atoms with Crippen LogP contribution in [0.3, 0.4) is 0 Å². The second kappa shape index (κ2) is 2.61. The van der Waals surface area contributed by atoms with E-state index < -0.39 is 5.66 Å². The minimum atomic E-state index is -0.942.